The number of para-hydroxylation sites is 6. The molecule has 0 aromatic heterocycles. The first-order valence-electron chi connectivity index (χ1n) is 28.7. The van der Waals surface area contributed by atoms with E-state index >= 15 is 0 Å². The van der Waals surface area contributed by atoms with Crippen LogP contribution in [0.5, 0.6) is 0 Å². The number of halogens is 6. The molecule has 3 aliphatic rings. The lowest BCUT2D eigenvalue weighted by atomic mass is 9.96. The quantitative estimate of drug-likeness (QED) is 0.149. The number of fused-ring (bicyclic) bond motifs is 6. The summed E-state index contributed by atoms with van der Waals surface area (Å²) in [4.78, 5) is 29.8. The highest BCUT2D eigenvalue weighted by Crippen LogP contribution is 2.33. The van der Waals surface area contributed by atoms with Crippen molar-refractivity contribution < 1.29 is 26.3 Å². The molecule has 0 atom stereocenters. The van der Waals surface area contributed by atoms with E-state index < -0.39 is 0 Å². The van der Waals surface area contributed by atoms with Gasteiger partial charge in [0, 0.05) is 65.4 Å². The minimum absolute atomic E-state index is 0.296. The van der Waals surface area contributed by atoms with E-state index in [2.05, 4.69) is 0 Å². The molecule has 6 nitrogen and oxygen atoms in total. The number of nitrogens with zero attached hydrogens (tertiary/aromatic N) is 6. The molecule has 12 heteroatoms. The van der Waals surface area contributed by atoms with E-state index in [0.717, 1.165) is 132 Å². The second-order valence-electron chi connectivity index (χ2n) is 20.9. The molecule has 3 heterocycles. The lowest BCUT2D eigenvalue weighted by Crippen LogP contribution is -2.34. The highest BCUT2D eigenvalue weighted by molar-refractivity contribution is 6.22. The molecule has 0 amide bonds. The molecular formula is C78H48F6N6. The van der Waals surface area contributed by atoms with Crippen molar-refractivity contribution in [3.05, 3.63) is 413 Å². The van der Waals surface area contributed by atoms with Crippen molar-refractivity contribution in [2.45, 2.75) is 0 Å². The highest BCUT2D eigenvalue weighted by atomic mass is 19.1. The minimum Gasteiger partial charge on any atom is -0.247 e. The topological polar surface area (TPSA) is 74.2 Å². The zero-order valence-corrected chi connectivity index (χ0v) is 47.7. The first kappa shape index (κ1) is 57.3. The summed E-state index contributed by atoms with van der Waals surface area (Å²) in [6.07, 6.45) is 0. The van der Waals surface area contributed by atoms with Gasteiger partial charge in [-0.05, 0) is 182 Å². The molecule has 0 saturated heterocycles. The molecule has 0 unspecified atom stereocenters. The summed E-state index contributed by atoms with van der Waals surface area (Å²) >= 11 is 0. The van der Waals surface area contributed by atoms with Crippen LogP contribution in [-0.2, 0) is 0 Å². The molecule has 0 fully saturated rings. The molecular weight excluding hydrogens is 1130 g/mol. The second-order valence-corrected chi connectivity index (χ2v) is 20.9. The van der Waals surface area contributed by atoms with Gasteiger partial charge in [0.15, 0.2) is 0 Å². The van der Waals surface area contributed by atoms with Crippen molar-refractivity contribution in [1.29, 1.82) is 0 Å². The Kier molecular flexibility index (Phi) is 16.4. The normalized spacial score (nSPS) is 16.6. The summed E-state index contributed by atoms with van der Waals surface area (Å²) in [6.45, 7) is 0. The number of hydrogen-bond acceptors (Lipinski definition) is 6. The van der Waals surface area contributed by atoms with E-state index in [9.17, 15) is 26.3 Å². The summed E-state index contributed by atoms with van der Waals surface area (Å²) in [5, 5.41) is 6.36. The zero-order valence-electron chi connectivity index (χ0n) is 47.7. The first-order chi connectivity index (χ1) is 44.1. The smallest absolute Gasteiger partial charge is 0.123 e. The fraction of sp³-hybridized carbons (Fsp3) is 0. The lowest BCUT2D eigenvalue weighted by Gasteiger charge is -2.18. The second kappa shape index (κ2) is 25.7. The average molecular weight is 1180 g/mol. The van der Waals surface area contributed by atoms with Gasteiger partial charge in [-0.2, -0.15) is 0 Å². The molecule has 0 saturated carbocycles. The van der Waals surface area contributed by atoms with Crippen LogP contribution in [0.3, 0.4) is 0 Å². The Bertz CT molecular complexity index is 4760. The van der Waals surface area contributed by atoms with Gasteiger partial charge in [-0.1, -0.05) is 109 Å². The summed E-state index contributed by atoms with van der Waals surface area (Å²) < 4.78 is 81.1. The maximum absolute atomic E-state index is 13.5. The van der Waals surface area contributed by atoms with Gasteiger partial charge >= 0.3 is 0 Å². The van der Waals surface area contributed by atoms with Gasteiger partial charge in [0.25, 0.3) is 0 Å². The zero-order chi connectivity index (χ0) is 61.5. The third-order valence-corrected chi connectivity index (χ3v) is 15.1. The molecule has 0 aliphatic carbocycles. The fourth-order valence-corrected chi connectivity index (χ4v) is 10.7. The minimum atomic E-state index is -0.296. The molecule has 0 bridgehead atoms. The van der Waals surface area contributed by atoms with Crippen molar-refractivity contribution in [1.82, 2.24) is 0 Å². The Morgan fingerprint density at radius 3 is 0.622 bits per heavy atom. The van der Waals surface area contributed by atoms with Gasteiger partial charge in [0.1, 0.15) is 34.9 Å². The van der Waals surface area contributed by atoms with Crippen molar-refractivity contribution in [2.75, 3.05) is 0 Å². The molecule has 90 heavy (non-hydrogen) atoms. The Morgan fingerprint density at radius 2 is 0.378 bits per heavy atom. The largest absolute Gasteiger partial charge is 0.247 e. The van der Waals surface area contributed by atoms with Gasteiger partial charge in [-0.3, -0.25) is 0 Å². The first-order valence-corrected chi connectivity index (χ1v) is 28.7. The Morgan fingerprint density at radius 1 is 0.178 bits per heavy atom. The van der Waals surface area contributed by atoms with Crippen LogP contribution in [0, 0.1) is 34.9 Å². The van der Waals surface area contributed by atoms with E-state index in [-0.39, 0.29) is 34.9 Å². The molecule has 0 spiro atoms. The molecule has 12 aromatic carbocycles. The van der Waals surface area contributed by atoms with Crippen LogP contribution in [0.1, 0.15) is 44.5 Å². The number of rotatable bonds is 6. The monoisotopic (exact) mass is 1180 g/mol. The van der Waals surface area contributed by atoms with Crippen LogP contribution in [0.4, 0.5) is 37.7 Å². The van der Waals surface area contributed by atoms with Crippen molar-refractivity contribution >= 4 is 45.6 Å². The average Bonchev–Trinajstić information content (AvgIpc) is 1.04. The fourth-order valence-electron chi connectivity index (χ4n) is 10.7. The van der Waals surface area contributed by atoms with E-state index in [1.54, 1.807) is 72.8 Å². The van der Waals surface area contributed by atoms with Crippen LogP contribution in [0.25, 0.3) is 22.8 Å². The van der Waals surface area contributed by atoms with Crippen molar-refractivity contribution in [3.63, 3.8) is 0 Å². The molecule has 0 N–H and O–H groups in total. The van der Waals surface area contributed by atoms with Crippen molar-refractivity contribution in [2.24, 2.45) is 30.0 Å². The van der Waals surface area contributed by atoms with Crippen LogP contribution in [0.15, 0.2) is 321 Å². The Hall–Kier alpha value is -11.8. The van der Waals surface area contributed by atoms with Crippen molar-refractivity contribution in [3.8, 4) is 0 Å². The molecule has 12 aromatic rings. The predicted octanol–water partition coefficient (Wildman–Crippen LogP) is 13.1. The van der Waals surface area contributed by atoms with E-state index in [1.807, 2.05) is 146 Å². The van der Waals surface area contributed by atoms with E-state index in [1.165, 1.54) is 72.8 Å². The van der Waals surface area contributed by atoms with Gasteiger partial charge in [-0.15, -0.1) is 0 Å². The third-order valence-electron chi connectivity index (χ3n) is 15.1. The summed E-state index contributed by atoms with van der Waals surface area (Å²) in [7, 11) is 0. The molecule has 432 valence electrons. The lowest BCUT2D eigenvalue weighted by molar-refractivity contribution is 0.627. The summed E-state index contributed by atoms with van der Waals surface area (Å²) in [6, 6.07) is 84.2. The van der Waals surface area contributed by atoms with Crippen LogP contribution < -0.4 is 42.3 Å². The van der Waals surface area contributed by atoms with Crippen LogP contribution >= 0.6 is 0 Å². The van der Waals surface area contributed by atoms with Gasteiger partial charge in [-0.25, -0.2) is 56.3 Å². The van der Waals surface area contributed by atoms with E-state index in [0.29, 0.717) is 0 Å². The highest BCUT2D eigenvalue weighted by Gasteiger charge is 2.21. The number of hydrogen-bond donors (Lipinski definition) is 0. The maximum atomic E-state index is 13.5. The molecule has 15 rings (SSSR count). The van der Waals surface area contributed by atoms with Gasteiger partial charge in [0.2, 0.25) is 0 Å². The maximum Gasteiger partial charge on any atom is 0.123 e. The van der Waals surface area contributed by atoms with Gasteiger partial charge < -0.3 is 0 Å². The summed E-state index contributed by atoms with van der Waals surface area (Å²) in [5.74, 6) is -1.78. The van der Waals surface area contributed by atoms with Gasteiger partial charge in [0.05, 0.1) is 67.0 Å². The SMILES string of the molecule is Fc1ccc(C2=Nc3ccccc3C(c3ccc(F)cc3)=Nc3ccccc32)cc1.Fc1ccc(C2=c3/cccc/c3=N/C(c3ccc(F)cc3)=c3\cccc\c3=N\2)cc1.Fc1ccc(C2=c3\cccc\c3=N\C(c3ccc(F)cc3)=c3/cccc/c3=N\2)cc1. The number of benzene rings is 12. The molecule has 0 radical (unpaired) electrons. The number of aliphatic imine (C=N–C) groups is 2. The molecule has 3 aliphatic heterocycles. The van der Waals surface area contributed by atoms with E-state index in [4.69, 9.17) is 30.0 Å². The third kappa shape index (κ3) is 12.4. The predicted molar refractivity (Wildman–Crippen MR) is 341 cm³/mol. The summed E-state index contributed by atoms with van der Waals surface area (Å²) in [5.41, 5.74) is 12.3. The Balaban J connectivity index is 0.000000124. The standard InChI is InChI=1S/3C26H16F2N2/c3*27-19-13-9-17(10-14-19)25-21-5-1-3-7-23(21)29-26(18-11-15-20(28)16-12-18)22-6-2-4-8-24(22)30-25/h3*1-16H/b25-21+,26-22+,29-23-,29-26?,30-24-,30-25?;25-21-,26-22+,29-23-,29-26?,30-24+,30-25?;. The van der Waals surface area contributed by atoms with Crippen LogP contribution in [0.2, 0.25) is 0 Å². The van der Waals surface area contributed by atoms with Crippen LogP contribution in [-0.4, -0.2) is 11.4 Å². The Labute approximate surface area is 512 Å².